The van der Waals surface area contributed by atoms with E-state index in [4.69, 9.17) is 0 Å². The zero-order valence-electron chi connectivity index (χ0n) is 15.6. The summed E-state index contributed by atoms with van der Waals surface area (Å²) < 4.78 is 38.2. The van der Waals surface area contributed by atoms with Gasteiger partial charge in [-0.2, -0.15) is 0 Å². The van der Waals surface area contributed by atoms with Crippen molar-refractivity contribution in [1.29, 1.82) is 0 Å². The van der Waals surface area contributed by atoms with Crippen molar-refractivity contribution in [2.75, 3.05) is 23.7 Å². The average Bonchev–Trinajstić information content (AvgIpc) is 2.64. The Kier molecular flexibility index (Phi) is 7.36. The van der Waals surface area contributed by atoms with Gasteiger partial charge in [-0.1, -0.05) is 37.3 Å². The van der Waals surface area contributed by atoms with Gasteiger partial charge in [0.25, 0.3) is 0 Å². The van der Waals surface area contributed by atoms with Crippen LogP contribution in [0.25, 0.3) is 0 Å². The van der Waals surface area contributed by atoms with Gasteiger partial charge >= 0.3 is 0 Å². The van der Waals surface area contributed by atoms with E-state index in [-0.39, 0.29) is 24.8 Å². The maximum Gasteiger partial charge on any atom is 0.232 e. The number of halogens is 1. The molecule has 0 saturated carbocycles. The molecular weight excluding hydrogens is 367 g/mol. The first-order valence-corrected chi connectivity index (χ1v) is 10.7. The lowest BCUT2D eigenvalue weighted by atomic mass is 10.0. The second kappa shape index (κ2) is 9.50. The molecule has 0 heterocycles. The predicted molar refractivity (Wildman–Crippen MR) is 106 cm³/mol. The summed E-state index contributed by atoms with van der Waals surface area (Å²) in [6.07, 6.45) is 1.68. The Morgan fingerprint density at radius 1 is 1.11 bits per heavy atom. The van der Waals surface area contributed by atoms with Crippen LogP contribution in [0.5, 0.6) is 0 Å². The summed E-state index contributed by atoms with van der Waals surface area (Å²) in [5.74, 6) is -0.355. The Hall–Kier alpha value is -2.41. The molecule has 0 spiro atoms. The number of rotatable bonds is 9. The molecule has 146 valence electrons. The highest BCUT2D eigenvalue weighted by Gasteiger charge is 2.17. The molecule has 0 radical (unpaired) electrons. The maximum atomic E-state index is 13.1. The molecule has 1 N–H and O–H groups in total. The minimum absolute atomic E-state index is 0.120. The van der Waals surface area contributed by atoms with Crippen molar-refractivity contribution in [1.82, 2.24) is 5.32 Å². The Labute approximate surface area is 160 Å². The number of anilines is 1. The van der Waals surface area contributed by atoms with E-state index in [9.17, 15) is 17.6 Å². The van der Waals surface area contributed by atoms with Gasteiger partial charge in [-0.15, -0.1) is 0 Å². The Morgan fingerprint density at radius 2 is 1.74 bits per heavy atom. The number of sulfonamides is 1. The molecule has 0 unspecified atom stereocenters. The smallest absolute Gasteiger partial charge is 0.232 e. The van der Waals surface area contributed by atoms with E-state index in [2.05, 4.69) is 5.32 Å². The van der Waals surface area contributed by atoms with Crippen LogP contribution in [0.1, 0.15) is 31.2 Å². The zero-order valence-corrected chi connectivity index (χ0v) is 16.4. The van der Waals surface area contributed by atoms with E-state index in [0.29, 0.717) is 18.7 Å². The lowest BCUT2D eigenvalue weighted by Crippen LogP contribution is -2.32. The summed E-state index contributed by atoms with van der Waals surface area (Å²) in [5, 5.41) is 2.88. The standard InChI is InChI=1S/C20H25FN2O3S/c1-16(17-7-4-3-5-8-17)15-22-20(24)9-6-14-23(27(2,25)26)19-12-10-18(21)11-13-19/h3-5,7-8,10-13,16H,6,9,14-15H2,1-2H3,(H,22,24)/t16-/m1/s1. The van der Waals surface area contributed by atoms with E-state index >= 15 is 0 Å². The van der Waals surface area contributed by atoms with E-state index in [1.54, 1.807) is 0 Å². The monoisotopic (exact) mass is 392 g/mol. The number of hydrogen-bond acceptors (Lipinski definition) is 3. The second-order valence-electron chi connectivity index (χ2n) is 6.53. The normalized spacial score (nSPS) is 12.4. The fourth-order valence-electron chi connectivity index (χ4n) is 2.73. The molecule has 2 rings (SSSR count). The van der Waals surface area contributed by atoms with Crippen molar-refractivity contribution in [2.24, 2.45) is 0 Å². The van der Waals surface area contributed by atoms with Crippen LogP contribution in [0.4, 0.5) is 10.1 Å². The third kappa shape index (κ3) is 6.67. The van der Waals surface area contributed by atoms with Crippen molar-refractivity contribution in [3.8, 4) is 0 Å². The molecule has 2 aromatic rings. The van der Waals surface area contributed by atoms with Crippen LogP contribution in [0.3, 0.4) is 0 Å². The summed E-state index contributed by atoms with van der Waals surface area (Å²) in [7, 11) is -3.51. The van der Waals surface area contributed by atoms with Gasteiger partial charge in [0.15, 0.2) is 0 Å². The lowest BCUT2D eigenvalue weighted by Gasteiger charge is -2.22. The number of nitrogens with zero attached hydrogens (tertiary/aromatic N) is 1. The van der Waals surface area contributed by atoms with Crippen molar-refractivity contribution in [3.05, 3.63) is 66.0 Å². The van der Waals surface area contributed by atoms with Crippen LogP contribution >= 0.6 is 0 Å². The summed E-state index contributed by atoms with van der Waals surface area (Å²) in [6.45, 7) is 2.72. The quantitative estimate of drug-likeness (QED) is 0.712. The van der Waals surface area contributed by atoms with Gasteiger partial charge < -0.3 is 5.32 Å². The number of nitrogens with one attached hydrogen (secondary N) is 1. The van der Waals surface area contributed by atoms with Gasteiger partial charge in [-0.3, -0.25) is 9.10 Å². The zero-order chi connectivity index (χ0) is 19.9. The third-order valence-electron chi connectivity index (χ3n) is 4.25. The highest BCUT2D eigenvalue weighted by atomic mass is 32.2. The molecule has 0 aromatic heterocycles. The number of carbonyl (C=O) groups is 1. The maximum absolute atomic E-state index is 13.1. The fourth-order valence-corrected chi connectivity index (χ4v) is 3.70. The van der Waals surface area contributed by atoms with E-state index in [0.717, 1.165) is 11.8 Å². The van der Waals surface area contributed by atoms with Crippen molar-refractivity contribution >= 4 is 21.6 Å². The molecule has 5 nitrogen and oxygen atoms in total. The Bertz CT molecular complexity index is 839. The molecule has 0 fully saturated rings. The molecule has 2 aromatic carbocycles. The van der Waals surface area contributed by atoms with Crippen molar-refractivity contribution in [2.45, 2.75) is 25.7 Å². The summed E-state index contributed by atoms with van der Waals surface area (Å²) >= 11 is 0. The van der Waals surface area contributed by atoms with Gasteiger partial charge in [-0.25, -0.2) is 12.8 Å². The SMILES string of the molecule is C[C@H](CNC(=O)CCCN(c1ccc(F)cc1)S(C)(=O)=O)c1ccccc1. The molecule has 0 aliphatic heterocycles. The number of benzene rings is 2. The van der Waals surface area contributed by atoms with Gasteiger partial charge in [0.1, 0.15) is 5.82 Å². The molecule has 1 atom stereocenters. The van der Waals surface area contributed by atoms with Crippen LogP contribution in [-0.2, 0) is 14.8 Å². The largest absolute Gasteiger partial charge is 0.356 e. The topological polar surface area (TPSA) is 66.5 Å². The first kappa shape index (κ1) is 20.9. The number of amides is 1. The third-order valence-corrected chi connectivity index (χ3v) is 5.45. The van der Waals surface area contributed by atoms with Crippen LogP contribution in [0.15, 0.2) is 54.6 Å². The molecule has 0 aliphatic carbocycles. The summed E-state index contributed by atoms with van der Waals surface area (Å²) in [6, 6.07) is 15.2. The fraction of sp³-hybridized carbons (Fsp3) is 0.350. The second-order valence-corrected chi connectivity index (χ2v) is 8.44. The summed E-state index contributed by atoms with van der Waals surface area (Å²) in [4.78, 5) is 12.1. The van der Waals surface area contributed by atoms with E-state index in [1.807, 2.05) is 37.3 Å². The van der Waals surface area contributed by atoms with E-state index in [1.165, 1.54) is 28.6 Å². The highest BCUT2D eigenvalue weighted by molar-refractivity contribution is 7.92. The molecular formula is C20H25FN2O3S. The number of hydrogen-bond donors (Lipinski definition) is 1. The first-order chi connectivity index (χ1) is 12.8. The van der Waals surface area contributed by atoms with Gasteiger partial charge in [0, 0.05) is 19.5 Å². The van der Waals surface area contributed by atoms with Crippen LogP contribution in [0, 0.1) is 5.82 Å². The molecule has 7 heteroatoms. The molecule has 0 bridgehead atoms. The van der Waals surface area contributed by atoms with Gasteiger partial charge in [0.2, 0.25) is 15.9 Å². The first-order valence-electron chi connectivity index (χ1n) is 8.82. The Morgan fingerprint density at radius 3 is 2.33 bits per heavy atom. The minimum Gasteiger partial charge on any atom is -0.356 e. The Balaban J connectivity index is 1.83. The molecule has 1 amide bonds. The lowest BCUT2D eigenvalue weighted by molar-refractivity contribution is -0.121. The van der Waals surface area contributed by atoms with Gasteiger partial charge in [0.05, 0.1) is 11.9 Å². The minimum atomic E-state index is -3.51. The van der Waals surface area contributed by atoms with Crippen molar-refractivity contribution in [3.63, 3.8) is 0 Å². The number of carbonyl (C=O) groups excluding carboxylic acids is 1. The van der Waals surface area contributed by atoms with Crippen LogP contribution in [0.2, 0.25) is 0 Å². The molecule has 0 saturated heterocycles. The van der Waals surface area contributed by atoms with Crippen LogP contribution in [-0.4, -0.2) is 33.7 Å². The average molecular weight is 392 g/mol. The molecule has 27 heavy (non-hydrogen) atoms. The van der Waals surface area contributed by atoms with Crippen LogP contribution < -0.4 is 9.62 Å². The van der Waals surface area contributed by atoms with Crippen molar-refractivity contribution < 1.29 is 17.6 Å². The summed E-state index contributed by atoms with van der Waals surface area (Å²) in [5.41, 5.74) is 1.54. The molecule has 0 aliphatic rings. The highest BCUT2D eigenvalue weighted by Crippen LogP contribution is 2.19. The van der Waals surface area contributed by atoms with Gasteiger partial charge in [-0.05, 0) is 42.2 Å². The predicted octanol–water partition coefficient (Wildman–Crippen LogP) is 3.29. The van der Waals surface area contributed by atoms with E-state index < -0.39 is 15.8 Å².